The third-order valence-electron chi connectivity index (χ3n) is 1.31. The average Bonchev–Trinajstić information content (AvgIpc) is 2.03. The highest BCUT2D eigenvalue weighted by Gasteiger charge is 2.11. The summed E-state index contributed by atoms with van der Waals surface area (Å²) in [4.78, 5) is 10.5. The molecule has 0 aromatic heterocycles. The van der Waals surface area contributed by atoms with Crippen molar-refractivity contribution in [1.82, 2.24) is 0 Å². The van der Waals surface area contributed by atoms with Crippen LogP contribution in [0.15, 0.2) is 0 Å². The van der Waals surface area contributed by atoms with Gasteiger partial charge in [0.2, 0.25) is 0 Å². The van der Waals surface area contributed by atoms with E-state index < -0.39 is 15.8 Å². The summed E-state index contributed by atoms with van der Waals surface area (Å²) in [6.45, 7) is 0. The summed E-state index contributed by atoms with van der Waals surface area (Å²) >= 11 is 10.0. The van der Waals surface area contributed by atoms with Crippen LogP contribution in [0.2, 0.25) is 0 Å². The van der Waals surface area contributed by atoms with E-state index in [1.165, 1.54) is 0 Å². The monoisotopic (exact) mass is 248 g/mol. The molecule has 0 atom stereocenters. The van der Waals surface area contributed by atoms with E-state index in [1.54, 1.807) is 0 Å². The summed E-state index contributed by atoms with van der Waals surface area (Å²) in [5, 5.41) is 0. The lowest BCUT2D eigenvalue weighted by atomic mass is 10.3. The molecule has 0 aliphatic heterocycles. The molecule has 0 saturated carbocycles. The highest BCUT2D eigenvalue weighted by atomic mass is 35.5. The van der Waals surface area contributed by atoms with Crippen molar-refractivity contribution in [1.29, 1.82) is 0 Å². The smallest absolute Gasteiger partial charge is 0.324 e. The van der Waals surface area contributed by atoms with Crippen LogP contribution >= 0.6 is 23.5 Å². The number of rotatable bonds is 6. The highest BCUT2D eigenvalue weighted by molar-refractivity contribution is 7.91. The standard InChI is InChI=1S/C6H10Cl2O4S/c7-3-5-13(10,11)4-1-2-6(9)12-8/h1-5H2. The quantitative estimate of drug-likeness (QED) is 0.662. The zero-order valence-electron chi connectivity index (χ0n) is 6.83. The Kier molecular flexibility index (Phi) is 6.45. The number of carbonyl (C=O) groups is 1. The van der Waals surface area contributed by atoms with E-state index in [-0.39, 0.29) is 30.2 Å². The number of alkyl halides is 1. The highest BCUT2D eigenvalue weighted by Crippen LogP contribution is 2.00. The first kappa shape index (κ1) is 13.0. The molecule has 0 aromatic rings. The maximum absolute atomic E-state index is 11.0. The minimum atomic E-state index is -3.12. The minimum absolute atomic E-state index is 0.00498. The Bertz CT molecular complexity index is 249. The van der Waals surface area contributed by atoms with E-state index >= 15 is 0 Å². The van der Waals surface area contributed by atoms with Gasteiger partial charge < -0.3 is 4.29 Å². The first-order valence-corrected chi connectivity index (χ1v) is 6.26. The summed E-state index contributed by atoms with van der Waals surface area (Å²) < 4.78 is 25.9. The van der Waals surface area contributed by atoms with E-state index in [0.29, 0.717) is 0 Å². The SMILES string of the molecule is O=C(CCCS(=O)(=O)CCCl)OCl. The van der Waals surface area contributed by atoms with Crippen LogP contribution in [0, 0.1) is 0 Å². The van der Waals surface area contributed by atoms with E-state index in [4.69, 9.17) is 23.5 Å². The van der Waals surface area contributed by atoms with Crippen LogP contribution in [-0.2, 0) is 18.9 Å². The Morgan fingerprint density at radius 1 is 1.31 bits per heavy atom. The zero-order valence-corrected chi connectivity index (χ0v) is 9.16. The van der Waals surface area contributed by atoms with Gasteiger partial charge in [-0.15, -0.1) is 11.6 Å². The predicted octanol–water partition coefficient (Wildman–Crippen LogP) is 1.12. The van der Waals surface area contributed by atoms with Crippen LogP contribution in [0.25, 0.3) is 0 Å². The molecule has 0 aliphatic carbocycles. The molecule has 4 nitrogen and oxygen atoms in total. The summed E-state index contributed by atoms with van der Waals surface area (Å²) in [6, 6.07) is 0. The third-order valence-corrected chi connectivity index (χ3v) is 3.63. The van der Waals surface area contributed by atoms with Crippen molar-refractivity contribution < 1.29 is 17.5 Å². The number of hydrogen-bond donors (Lipinski definition) is 0. The summed E-state index contributed by atoms with van der Waals surface area (Å²) in [6.07, 6.45) is 0.218. The third kappa shape index (κ3) is 7.10. The molecule has 0 saturated heterocycles. The first-order valence-electron chi connectivity index (χ1n) is 3.59. The molecule has 0 rings (SSSR count). The van der Waals surface area contributed by atoms with Crippen LogP contribution in [0.3, 0.4) is 0 Å². The van der Waals surface area contributed by atoms with Crippen molar-refractivity contribution in [3.05, 3.63) is 0 Å². The first-order chi connectivity index (χ1) is 6.02. The summed E-state index contributed by atoms with van der Waals surface area (Å²) in [5.74, 6) is -0.680. The Hall–Kier alpha value is -0.000000000000000111. The fourth-order valence-corrected chi connectivity index (χ4v) is 2.50. The summed E-state index contributed by atoms with van der Waals surface area (Å²) in [7, 11) is -3.12. The van der Waals surface area contributed by atoms with Gasteiger partial charge in [0.25, 0.3) is 0 Å². The second kappa shape index (κ2) is 6.45. The topological polar surface area (TPSA) is 60.4 Å². The second-order valence-electron chi connectivity index (χ2n) is 2.39. The Labute approximate surface area is 87.2 Å². The molecule has 0 aromatic carbocycles. The van der Waals surface area contributed by atoms with Crippen molar-refractivity contribution in [2.45, 2.75) is 12.8 Å². The van der Waals surface area contributed by atoms with Gasteiger partial charge in [-0.05, 0) is 6.42 Å². The molecule has 7 heteroatoms. The Balaban J connectivity index is 3.70. The second-order valence-corrected chi connectivity index (χ2v) is 5.23. The molecule has 0 spiro atoms. The number of sulfone groups is 1. The largest absolute Gasteiger partial charge is 0.348 e. The maximum atomic E-state index is 11.0. The molecule has 0 radical (unpaired) electrons. The molecule has 0 N–H and O–H groups in total. The van der Waals surface area contributed by atoms with E-state index in [1.807, 2.05) is 0 Å². The van der Waals surface area contributed by atoms with Gasteiger partial charge >= 0.3 is 5.97 Å². The van der Waals surface area contributed by atoms with Crippen molar-refractivity contribution in [3.8, 4) is 0 Å². The van der Waals surface area contributed by atoms with Crippen LogP contribution in [0.4, 0.5) is 0 Å². The summed E-state index contributed by atoms with van der Waals surface area (Å²) in [5.41, 5.74) is 0. The Morgan fingerprint density at radius 3 is 2.38 bits per heavy atom. The normalized spacial score (nSPS) is 11.2. The Morgan fingerprint density at radius 2 is 1.92 bits per heavy atom. The van der Waals surface area contributed by atoms with E-state index in [0.717, 1.165) is 0 Å². The number of halogens is 2. The maximum Gasteiger partial charge on any atom is 0.324 e. The van der Waals surface area contributed by atoms with E-state index in [2.05, 4.69) is 4.29 Å². The molecule has 78 valence electrons. The lowest BCUT2D eigenvalue weighted by Crippen LogP contribution is -2.13. The van der Waals surface area contributed by atoms with Gasteiger partial charge in [0.15, 0.2) is 9.84 Å². The van der Waals surface area contributed by atoms with Crippen LogP contribution in [0.1, 0.15) is 12.8 Å². The molecular weight excluding hydrogens is 239 g/mol. The molecule has 0 aliphatic rings. The van der Waals surface area contributed by atoms with Gasteiger partial charge in [-0.25, -0.2) is 8.42 Å². The van der Waals surface area contributed by atoms with Crippen LogP contribution in [-0.4, -0.2) is 31.8 Å². The fourth-order valence-electron chi connectivity index (χ4n) is 0.695. The van der Waals surface area contributed by atoms with Gasteiger partial charge in [0.1, 0.15) is 11.9 Å². The van der Waals surface area contributed by atoms with Gasteiger partial charge in [-0.1, -0.05) is 0 Å². The fraction of sp³-hybridized carbons (Fsp3) is 0.833. The van der Waals surface area contributed by atoms with Crippen LogP contribution in [0.5, 0.6) is 0 Å². The molecule has 0 unspecified atom stereocenters. The predicted molar refractivity (Wildman–Crippen MR) is 50.6 cm³/mol. The van der Waals surface area contributed by atoms with Gasteiger partial charge in [0.05, 0.1) is 11.5 Å². The van der Waals surface area contributed by atoms with E-state index in [9.17, 15) is 13.2 Å². The molecule has 0 amide bonds. The van der Waals surface area contributed by atoms with Gasteiger partial charge in [0, 0.05) is 12.3 Å². The van der Waals surface area contributed by atoms with Crippen molar-refractivity contribution in [3.63, 3.8) is 0 Å². The lowest BCUT2D eigenvalue weighted by molar-refractivity contribution is -0.133. The van der Waals surface area contributed by atoms with Crippen molar-refractivity contribution in [2.24, 2.45) is 0 Å². The minimum Gasteiger partial charge on any atom is -0.348 e. The van der Waals surface area contributed by atoms with Gasteiger partial charge in [-0.2, -0.15) is 0 Å². The average molecular weight is 249 g/mol. The molecule has 13 heavy (non-hydrogen) atoms. The van der Waals surface area contributed by atoms with Gasteiger partial charge in [-0.3, -0.25) is 4.79 Å². The molecule has 0 fully saturated rings. The van der Waals surface area contributed by atoms with Crippen molar-refractivity contribution in [2.75, 3.05) is 17.4 Å². The molecular formula is C6H10Cl2O4S. The molecule has 0 bridgehead atoms. The van der Waals surface area contributed by atoms with Crippen molar-refractivity contribution >= 4 is 39.3 Å². The zero-order chi connectivity index (χ0) is 10.3. The van der Waals surface area contributed by atoms with Crippen LogP contribution < -0.4 is 0 Å². The number of hydrogen-bond acceptors (Lipinski definition) is 4. The lowest BCUT2D eigenvalue weighted by Gasteiger charge is -1.99. The molecule has 0 heterocycles. The number of carbonyl (C=O) groups excluding carboxylic acids is 1.